The number of ether oxygens (including phenoxy) is 1. The number of rotatable bonds is 4. The number of nitrogens with zero attached hydrogens (tertiary/aromatic N) is 5. The molecule has 10 heteroatoms. The van der Waals surface area contributed by atoms with Crippen molar-refractivity contribution in [1.29, 1.82) is 0 Å². The Kier molecular flexibility index (Phi) is 4.58. The SMILES string of the molecule is CN1C(=O)[C@@H](NC(=O)c2nn(Cc3ccccc3)[nH]2)COc2cc3nccnc3cc21. The number of hydrogen-bond donors (Lipinski definition) is 2. The van der Waals surface area contributed by atoms with Crippen molar-refractivity contribution in [2.24, 2.45) is 0 Å². The first kappa shape index (κ1) is 18.8. The number of amides is 2. The Bertz CT molecular complexity index is 1250. The summed E-state index contributed by atoms with van der Waals surface area (Å²) < 4.78 is 5.83. The first-order valence-corrected chi connectivity index (χ1v) is 9.71. The monoisotopic (exact) mass is 417 g/mol. The summed E-state index contributed by atoms with van der Waals surface area (Å²) >= 11 is 0. The van der Waals surface area contributed by atoms with Crippen molar-refractivity contribution in [2.75, 3.05) is 18.6 Å². The zero-order chi connectivity index (χ0) is 21.4. The van der Waals surface area contributed by atoms with Crippen LogP contribution in [0.2, 0.25) is 0 Å². The lowest BCUT2D eigenvalue weighted by molar-refractivity contribution is -0.120. The van der Waals surface area contributed by atoms with Crippen LogP contribution in [0.15, 0.2) is 54.9 Å². The van der Waals surface area contributed by atoms with Crippen LogP contribution in [0.1, 0.15) is 16.2 Å². The van der Waals surface area contributed by atoms with Crippen LogP contribution in [-0.4, -0.2) is 56.5 Å². The third-order valence-corrected chi connectivity index (χ3v) is 5.10. The Morgan fingerprint density at radius 1 is 1.19 bits per heavy atom. The fraction of sp³-hybridized carbons (Fsp3) is 0.190. The topological polar surface area (TPSA) is 118 Å². The molecule has 0 unspecified atom stereocenters. The highest BCUT2D eigenvalue weighted by atomic mass is 16.5. The molecule has 2 amide bonds. The molecule has 3 heterocycles. The van der Waals surface area contributed by atoms with Crippen molar-refractivity contribution in [3.63, 3.8) is 0 Å². The van der Waals surface area contributed by atoms with Gasteiger partial charge in [0, 0.05) is 25.5 Å². The normalized spacial score (nSPS) is 16.0. The first-order valence-electron chi connectivity index (χ1n) is 9.71. The maximum Gasteiger partial charge on any atom is 0.291 e. The largest absolute Gasteiger partial charge is 0.489 e. The van der Waals surface area contributed by atoms with E-state index in [-0.39, 0.29) is 18.3 Å². The predicted octanol–water partition coefficient (Wildman–Crippen LogP) is 1.36. The van der Waals surface area contributed by atoms with Crippen molar-refractivity contribution in [2.45, 2.75) is 12.6 Å². The van der Waals surface area contributed by atoms with Gasteiger partial charge < -0.3 is 15.0 Å². The molecular formula is C21H19N7O3. The van der Waals surface area contributed by atoms with Crippen LogP contribution in [0.5, 0.6) is 5.75 Å². The van der Waals surface area contributed by atoms with Gasteiger partial charge >= 0.3 is 0 Å². The number of hydrogen-bond acceptors (Lipinski definition) is 6. The standard InChI is InChI=1S/C21H19N7O3/c1-27-17-9-14-15(23-8-7-22-14)10-18(17)31-12-16(21(27)30)24-20(29)19-25-28(26-19)11-13-5-3-2-4-6-13/h2-10,16H,11-12H2,1H3,(H,24,29)(H,25,26)/t16-/m0/s1. The average molecular weight is 417 g/mol. The quantitative estimate of drug-likeness (QED) is 0.518. The zero-order valence-corrected chi connectivity index (χ0v) is 16.6. The van der Waals surface area contributed by atoms with E-state index in [9.17, 15) is 9.59 Å². The Labute approximate surface area is 176 Å². The number of H-pyrrole nitrogens is 1. The molecule has 0 fully saturated rings. The fourth-order valence-corrected chi connectivity index (χ4v) is 3.46. The van der Waals surface area contributed by atoms with E-state index in [2.05, 4.69) is 25.5 Å². The highest BCUT2D eigenvalue weighted by Gasteiger charge is 2.32. The second-order valence-electron chi connectivity index (χ2n) is 7.20. The molecule has 0 spiro atoms. The summed E-state index contributed by atoms with van der Waals surface area (Å²) in [4.78, 5) is 37.0. The highest BCUT2D eigenvalue weighted by Crippen LogP contribution is 2.33. The van der Waals surface area contributed by atoms with Gasteiger partial charge in [0.15, 0.2) is 0 Å². The van der Waals surface area contributed by atoms with Gasteiger partial charge in [-0.05, 0) is 11.6 Å². The number of fused-ring (bicyclic) bond motifs is 2. The lowest BCUT2D eigenvalue weighted by Crippen LogP contribution is -2.50. The molecule has 10 nitrogen and oxygen atoms in total. The van der Waals surface area contributed by atoms with Gasteiger partial charge in [-0.3, -0.25) is 24.7 Å². The van der Waals surface area contributed by atoms with Crippen molar-refractivity contribution in [3.05, 3.63) is 66.2 Å². The summed E-state index contributed by atoms with van der Waals surface area (Å²) in [5.41, 5.74) is 2.94. The number of carbonyl (C=O) groups is 2. The molecule has 1 atom stereocenters. The minimum absolute atomic E-state index is 0.00527. The average Bonchev–Trinajstić information content (AvgIpc) is 2.87. The smallest absolute Gasteiger partial charge is 0.291 e. The summed E-state index contributed by atoms with van der Waals surface area (Å²) in [5.74, 6) is -0.114. The van der Waals surface area contributed by atoms with E-state index in [0.29, 0.717) is 29.0 Å². The lowest BCUT2D eigenvalue weighted by atomic mass is 10.2. The summed E-state index contributed by atoms with van der Waals surface area (Å²) in [6.07, 6.45) is 3.18. The zero-order valence-electron chi connectivity index (χ0n) is 16.6. The summed E-state index contributed by atoms with van der Waals surface area (Å²) in [6.45, 7) is 0.519. The molecule has 0 saturated heterocycles. The Morgan fingerprint density at radius 3 is 2.65 bits per heavy atom. The van der Waals surface area contributed by atoms with Gasteiger partial charge in [0.05, 0.1) is 23.3 Å². The van der Waals surface area contributed by atoms with Gasteiger partial charge in [0.1, 0.15) is 18.4 Å². The first-order chi connectivity index (χ1) is 15.1. The van der Waals surface area contributed by atoms with E-state index in [0.717, 1.165) is 5.56 Å². The molecule has 2 aromatic heterocycles. The highest BCUT2D eigenvalue weighted by molar-refractivity contribution is 6.03. The van der Waals surface area contributed by atoms with Crippen LogP contribution in [0, 0.1) is 0 Å². The molecule has 4 aromatic rings. The van der Waals surface area contributed by atoms with Crippen molar-refractivity contribution in [3.8, 4) is 5.75 Å². The van der Waals surface area contributed by atoms with E-state index < -0.39 is 11.9 Å². The van der Waals surface area contributed by atoms with Crippen molar-refractivity contribution in [1.82, 2.24) is 30.3 Å². The molecule has 0 bridgehead atoms. The van der Waals surface area contributed by atoms with Crippen LogP contribution in [0.4, 0.5) is 5.69 Å². The molecule has 0 aliphatic carbocycles. The fourth-order valence-electron chi connectivity index (χ4n) is 3.46. The number of aromatic amines is 1. The van der Waals surface area contributed by atoms with Gasteiger partial charge in [-0.1, -0.05) is 30.3 Å². The summed E-state index contributed by atoms with van der Waals surface area (Å²) in [6, 6.07) is 12.4. The lowest BCUT2D eigenvalue weighted by Gasteiger charge is -2.21. The number of nitrogens with one attached hydrogen (secondary N) is 2. The molecule has 2 N–H and O–H groups in total. The summed E-state index contributed by atoms with van der Waals surface area (Å²) in [7, 11) is 1.64. The maximum absolute atomic E-state index is 12.9. The minimum atomic E-state index is -0.860. The van der Waals surface area contributed by atoms with Crippen LogP contribution < -0.4 is 15.0 Å². The van der Waals surface area contributed by atoms with E-state index >= 15 is 0 Å². The number of likely N-dealkylation sites (N-methyl/N-ethyl adjacent to an activating group) is 1. The van der Waals surface area contributed by atoms with E-state index in [1.54, 1.807) is 36.4 Å². The second-order valence-corrected chi connectivity index (χ2v) is 7.20. The summed E-state index contributed by atoms with van der Waals surface area (Å²) in [5, 5.41) is 9.75. The molecule has 5 rings (SSSR count). The molecule has 1 aliphatic heterocycles. The Morgan fingerprint density at radius 2 is 1.90 bits per heavy atom. The van der Waals surface area contributed by atoms with Gasteiger partial charge in [0.2, 0.25) is 5.82 Å². The molecule has 156 valence electrons. The third kappa shape index (κ3) is 3.59. The number of benzene rings is 2. The minimum Gasteiger partial charge on any atom is -0.489 e. The van der Waals surface area contributed by atoms with E-state index in [1.165, 1.54) is 4.90 Å². The Balaban J connectivity index is 1.29. The molecule has 1 aliphatic rings. The predicted molar refractivity (Wildman–Crippen MR) is 112 cm³/mol. The van der Waals surface area contributed by atoms with Crippen LogP contribution in [0.3, 0.4) is 0 Å². The van der Waals surface area contributed by atoms with E-state index in [4.69, 9.17) is 4.74 Å². The molecule has 2 aromatic carbocycles. The number of carbonyl (C=O) groups excluding carboxylic acids is 2. The van der Waals surface area contributed by atoms with Crippen LogP contribution in [0.25, 0.3) is 11.0 Å². The van der Waals surface area contributed by atoms with Gasteiger partial charge in [0.25, 0.3) is 11.8 Å². The third-order valence-electron chi connectivity index (χ3n) is 5.10. The maximum atomic E-state index is 12.9. The van der Waals surface area contributed by atoms with Gasteiger partial charge in [-0.25, -0.2) is 0 Å². The number of aromatic nitrogens is 5. The molecule has 31 heavy (non-hydrogen) atoms. The van der Waals surface area contributed by atoms with Crippen LogP contribution in [-0.2, 0) is 11.3 Å². The van der Waals surface area contributed by atoms with Gasteiger partial charge in [-0.15, -0.1) is 5.10 Å². The van der Waals surface area contributed by atoms with Crippen molar-refractivity contribution < 1.29 is 14.3 Å². The second kappa shape index (κ2) is 7.56. The van der Waals surface area contributed by atoms with Crippen LogP contribution >= 0.6 is 0 Å². The molecule has 0 radical (unpaired) electrons. The number of anilines is 1. The van der Waals surface area contributed by atoms with E-state index in [1.807, 2.05) is 30.3 Å². The van der Waals surface area contributed by atoms with Gasteiger partial charge in [-0.2, -0.15) is 4.80 Å². The Hall–Kier alpha value is -4.21. The molecule has 0 saturated carbocycles. The van der Waals surface area contributed by atoms with Crippen molar-refractivity contribution >= 4 is 28.5 Å². The molecular weight excluding hydrogens is 398 g/mol.